The zero-order valence-electron chi connectivity index (χ0n) is 4.45. The maximum atomic E-state index is 5.22. The zero-order valence-corrected chi connectivity index (χ0v) is 5.20. The smallest absolute Gasteiger partial charge is 0.0146 e. The van der Waals surface area contributed by atoms with E-state index in [9.17, 15) is 0 Å². The minimum atomic E-state index is 0.875. The second-order valence-corrected chi connectivity index (χ2v) is 1.42. The van der Waals surface area contributed by atoms with Crippen LogP contribution in [0.15, 0.2) is 11.6 Å². The van der Waals surface area contributed by atoms with Crippen LogP contribution in [0, 0.1) is 0 Å². The molecule has 0 aromatic heterocycles. The molecule has 42 valence electrons. The van der Waals surface area contributed by atoms with Crippen molar-refractivity contribution in [2.24, 2.45) is 0 Å². The molecule has 0 aliphatic carbocycles. The molecule has 0 aromatic carbocycles. The first kappa shape index (κ1) is 6.99. The zero-order chi connectivity index (χ0) is 5.54. The Kier molecular flexibility index (Phi) is 5.98. The average molecular weight is 120 g/mol. The predicted octanol–water partition coefficient (Wildman–Crippen LogP) is 1.35. The number of hydrogen-bond acceptors (Lipinski definition) is 1. The highest BCUT2D eigenvalue weighted by Gasteiger charge is 1.69. The van der Waals surface area contributed by atoms with Gasteiger partial charge in [0.2, 0.25) is 0 Å². The van der Waals surface area contributed by atoms with Gasteiger partial charge in [-0.25, -0.2) is 0 Å². The van der Waals surface area contributed by atoms with E-state index in [1.165, 1.54) is 5.54 Å². The van der Waals surface area contributed by atoms with E-state index in [-0.39, 0.29) is 0 Å². The predicted molar refractivity (Wildman–Crippen MR) is 33.5 cm³/mol. The van der Waals surface area contributed by atoms with Crippen LogP contribution in [-0.4, -0.2) is 13.1 Å². The van der Waals surface area contributed by atoms with Crippen LogP contribution in [0.3, 0.4) is 0 Å². The van der Waals surface area contributed by atoms with Gasteiger partial charge < -0.3 is 5.32 Å². The highest BCUT2D eigenvalue weighted by Crippen LogP contribution is 1.73. The molecule has 0 atom stereocenters. The van der Waals surface area contributed by atoms with Gasteiger partial charge in [0.15, 0.2) is 0 Å². The van der Waals surface area contributed by atoms with Gasteiger partial charge in [0.05, 0.1) is 0 Å². The van der Waals surface area contributed by atoms with Gasteiger partial charge in [0, 0.05) is 12.1 Å². The summed E-state index contributed by atoms with van der Waals surface area (Å²) in [7, 11) is 0. The number of rotatable bonds is 3. The fourth-order valence-corrected chi connectivity index (χ4v) is 0.361. The average Bonchev–Trinajstić information content (AvgIpc) is 1.69. The fraction of sp³-hybridized carbons (Fsp3) is 0.600. The first-order chi connectivity index (χ1) is 3.41. The molecule has 0 spiro atoms. The molecule has 7 heavy (non-hydrogen) atoms. The van der Waals surface area contributed by atoms with Crippen LogP contribution < -0.4 is 5.32 Å². The van der Waals surface area contributed by atoms with Gasteiger partial charge in [0.1, 0.15) is 0 Å². The minimum absolute atomic E-state index is 0.875. The van der Waals surface area contributed by atoms with E-state index in [4.69, 9.17) is 11.6 Å². The van der Waals surface area contributed by atoms with E-state index >= 15 is 0 Å². The summed E-state index contributed by atoms with van der Waals surface area (Å²) in [4.78, 5) is 0. The summed E-state index contributed by atoms with van der Waals surface area (Å²) < 4.78 is 0. The second kappa shape index (κ2) is 5.99. The molecule has 0 aliphatic heterocycles. The molecule has 0 heterocycles. The second-order valence-electron chi connectivity index (χ2n) is 1.17. The lowest BCUT2D eigenvalue weighted by atomic mass is 10.6. The lowest BCUT2D eigenvalue weighted by Gasteiger charge is -1.89. The van der Waals surface area contributed by atoms with Gasteiger partial charge in [-0.05, 0) is 6.54 Å². The van der Waals surface area contributed by atoms with Crippen LogP contribution in [0.1, 0.15) is 6.92 Å². The molecule has 0 unspecified atom stereocenters. The van der Waals surface area contributed by atoms with Crippen LogP contribution in [-0.2, 0) is 0 Å². The molecule has 1 N–H and O–H groups in total. The van der Waals surface area contributed by atoms with Gasteiger partial charge in [-0.1, -0.05) is 24.6 Å². The Labute approximate surface area is 49.4 Å². The molecular weight excluding hydrogens is 110 g/mol. The molecule has 0 rings (SSSR count). The van der Waals surface area contributed by atoms with Crippen LogP contribution in [0.25, 0.3) is 0 Å². The molecule has 0 amide bonds. The number of halogens is 1. The van der Waals surface area contributed by atoms with E-state index < -0.39 is 0 Å². The highest BCUT2D eigenvalue weighted by molar-refractivity contribution is 6.25. The number of nitrogens with one attached hydrogen (secondary N) is 1. The van der Waals surface area contributed by atoms with Gasteiger partial charge in [0.25, 0.3) is 0 Å². The lowest BCUT2D eigenvalue weighted by molar-refractivity contribution is 0.800. The monoisotopic (exact) mass is 119 g/mol. The lowest BCUT2D eigenvalue weighted by Crippen LogP contribution is -2.11. The summed E-state index contributed by atoms with van der Waals surface area (Å²) in [5.41, 5.74) is 1.52. The third-order valence-electron chi connectivity index (χ3n) is 0.601. The van der Waals surface area contributed by atoms with Crippen LogP contribution in [0.5, 0.6) is 0 Å². The largest absolute Gasteiger partial charge is 0.314 e. The van der Waals surface area contributed by atoms with Crippen molar-refractivity contribution in [3.63, 3.8) is 0 Å². The van der Waals surface area contributed by atoms with Crippen molar-refractivity contribution in [3.05, 3.63) is 11.6 Å². The van der Waals surface area contributed by atoms with Crippen LogP contribution in [0.2, 0.25) is 0 Å². The fourth-order valence-electron chi connectivity index (χ4n) is 0.272. The normalized spacial score (nSPS) is 10.6. The third kappa shape index (κ3) is 5.99. The molecule has 1 nitrogen and oxygen atoms in total. The Bertz CT molecular complexity index is 52.0. The molecule has 0 fully saturated rings. The first-order valence-corrected chi connectivity index (χ1v) is 2.81. The molecule has 2 heteroatoms. The van der Waals surface area contributed by atoms with Crippen molar-refractivity contribution in [3.8, 4) is 0 Å². The molecular formula is C5H10ClN. The summed E-state index contributed by atoms with van der Waals surface area (Å²) in [5.74, 6) is 0. The highest BCUT2D eigenvalue weighted by atomic mass is 35.5. The van der Waals surface area contributed by atoms with Crippen molar-refractivity contribution < 1.29 is 0 Å². The first-order valence-electron chi connectivity index (χ1n) is 2.37. The molecule has 0 radical (unpaired) electrons. The van der Waals surface area contributed by atoms with Crippen LogP contribution in [0.4, 0.5) is 0 Å². The summed E-state index contributed by atoms with van der Waals surface area (Å²) in [5, 5.41) is 3.08. The standard InChI is InChI=1S/C5H10ClN/c1-2-7-5-3-4-6/h3-4,7H,2,5H2,1H3. The van der Waals surface area contributed by atoms with Gasteiger partial charge in [-0.3, -0.25) is 0 Å². The maximum absolute atomic E-state index is 5.22. The van der Waals surface area contributed by atoms with E-state index in [1.807, 2.05) is 6.08 Å². The Balaban J connectivity index is 2.69. The molecule has 0 bridgehead atoms. The number of likely N-dealkylation sites (N-methyl/N-ethyl adjacent to an activating group) is 1. The molecule has 0 saturated carbocycles. The maximum Gasteiger partial charge on any atom is 0.0146 e. The van der Waals surface area contributed by atoms with Gasteiger partial charge in [-0.2, -0.15) is 0 Å². The van der Waals surface area contributed by atoms with E-state index in [0.29, 0.717) is 0 Å². The SMILES string of the molecule is CCNCC=CCl. The van der Waals surface area contributed by atoms with E-state index in [2.05, 4.69) is 12.2 Å². The summed E-state index contributed by atoms with van der Waals surface area (Å²) in [6.07, 6.45) is 1.87. The van der Waals surface area contributed by atoms with Gasteiger partial charge in [-0.15, -0.1) is 0 Å². The third-order valence-corrected chi connectivity index (χ3v) is 0.779. The quantitative estimate of drug-likeness (QED) is 0.553. The van der Waals surface area contributed by atoms with Crippen molar-refractivity contribution in [2.45, 2.75) is 6.92 Å². The van der Waals surface area contributed by atoms with Crippen molar-refractivity contribution in [1.82, 2.24) is 5.32 Å². The Hall–Kier alpha value is -0.0100. The van der Waals surface area contributed by atoms with Crippen molar-refractivity contribution in [2.75, 3.05) is 13.1 Å². The van der Waals surface area contributed by atoms with E-state index in [1.54, 1.807) is 0 Å². The summed E-state index contributed by atoms with van der Waals surface area (Å²) in [6, 6.07) is 0. The van der Waals surface area contributed by atoms with Crippen molar-refractivity contribution in [1.29, 1.82) is 0 Å². The summed E-state index contributed by atoms with van der Waals surface area (Å²) >= 11 is 5.22. The Morgan fingerprint density at radius 1 is 1.71 bits per heavy atom. The molecule has 0 aliphatic rings. The molecule has 0 aromatic rings. The Morgan fingerprint density at radius 2 is 2.43 bits per heavy atom. The van der Waals surface area contributed by atoms with E-state index in [0.717, 1.165) is 13.1 Å². The van der Waals surface area contributed by atoms with Gasteiger partial charge >= 0.3 is 0 Å². The number of hydrogen-bond donors (Lipinski definition) is 1. The van der Waals surface area contributed by atoms with Crippen LogP contribution >= 0.6 is 11.6 Å². The molecule has 0 saturated heterocycles. The minimum Gasteiger partial charge on any atom is -0.314 e. The Morgan fingerprint density at radius 3 is 2.86 bits per heavy atom. The summed E-state index contributed by atoms with van der Waals surface area (Å²) in [6.45, 7) is 3.93. The topological polar surface area (TPSA) is 12.0 Å². The van der Waals surface area contributed by atoms with Crippen molar-refractivity contribution >= 4 is 11.6 Å².